The Hall–Kier alpha value is -0.520. The summed E-state index contributed by atoms with van der Waals surface area (Å²) >= 11 is 0. The summed E-state index contributed by atoms with van der Waals surface area (Å²) in [4.78, 5) is 0. The Morgan fingerprint density at radius 1 is 1.38 bits per heavy atom. The molecule has 2 atom stereocenters. The highest BCUT2D eigenvalue weighted by Crippen LogP contribution is 2.25. The first-order chi connectivity index (χ1) is 6.38. The first-order valence-corrected chi connectivity index (χ1v) is 5.13. The lowest BCUT2D eigenvalue weighted by atomic mass is 10.2. The predicted molar refractivity (Wildman–Crippen MR) is 52.3 cm³/mol. The van der Waals surface area contributed by atoms with Gasteiger partial charge in [-0.15, -0.1) is 5.92 Å². The first kappa shape index (κ1) is 10.6. The lowest BCUT2D eigenvalue weighted by Crippen LogP contribution is -1.93. The number of aliphatic hydroxyl groups is 1. The van der Waals surface area contributed by atoms with Crippen LogP contribution in [0.2, 0.25) is 0 Å². The number of aliphatic hydroxyl groups excluding tert-OH is 1. The second kappa shape index (κ2) is 6.01. The van der Waals surface area contributed by atoms with Crippen LogP contribution in [0.25, 0.3) is 0 Å². The van der Waals surface area contributed by atoms with Crippen LogP contribution < -0.4 is 0 Å². The molecule has 1 fully saturated rings. The van der Waals surface area contributed by atoms with E-state index in [4.69, 9.17) is 9.84 Å². The monoisotopic (exact) mass is 182 g/mol. The molecule has 0 saturated carbocycles. The van der Waals surface area contributed by atoms with Crippen molar-refractivity contribution in [3.63, 3.8) is 0 Å². The van der Waals surface area contributed by atoms with Crippen molar-refractivity contribution in [1.82, 2.24) is 0 Å². The molecule has 0 aliphatic carbocycles. The van der Waals surface area contributed by atoms with Crippen LogP contribution in [-0.2, 0) is 4.74 Å². The van der Waals surface area contributed by atoms with Gasteiger partial charge in [-0.1, -0.05) is 19.3 Å². The predicted octanol–water partition coefficient (Wildman–Crippen LogP) is 1.72. The fourth-order valence-corrected chi connectivity index (χ4v) is 1.22. The molecular weight excluding hydrogens is 164 g/mol. The highest BCUT2D eigenvalue weighted by Gasteiger charge is 2.36. The van der Waals surface area contributed by atoms with Crippen molar-refractivity contribution in [2.45, 2.75) is 51.2 Å². The van der Waals surface area contributed by atoms with E-state index in [1.807, 2.05) is 0 Å². The van der Waals surface area contributed by atoms with Crippen LogP contribution in [0.5, 0.6) is 0 Å². The smallest absolute Gasteiger partial charge is 0.144 e. The third-order valence-electron chi connectivity index (χ3n) is 2.13. The molecule has 74 valence electrons. The number of hydrogen-bond donors (Lipinski definition) is 1. The minimum Gasteiger partial charge on any atom is -0.396 e. The zero-order valence-corrected chi connectivity index (χ0v) is 8.25. The lowest BCUT2D eigenvalue weighted by Gasteiger charge is -1.87. The zero-order chi connectivity index (χ0) is 9.52. The van der Waals surface area contributed by atoms with Crippen molar-refractivity contribution < 1.29 is 9.84 Å². The SMILES string of the molecule is CCCCC#C[C@@H]1O[C@H]1CCCO. The fourth-order valence-electron chi connectivity index (χ4n) is 1.22. The number of unbranched alkanes of at least 4 members (excludes halogenated alkanes) is 2. The molecule has 0 radical (unpaired) electrons. The average molecular weight is 182 g/mol. The van der Waals surface area contributed by atoms with Gasteiger partial charge in [0.25, 0.3) is 0 Å². The minimum atomic E-state index is 0.170. The van der Waals surface area contributed by atoms with Crippen molar-refractivity contribution in [2.24, 2.45) is 0 Å². The Kier molecular flexibility index (Phi) is 4.88. The molecule has 1 aliphatic rings. The summed E-state index contributed by atoms with van der Waals surface area (Å²) in [6, 6.07) is 0. The minimum absolute atomic E-state index is 0.170. The van der Waals surface area contributed by atoms with Crippen molar-refractivity contribution in [3.8, 4) is 11.8 Å². The van der Waals surface area contributed by atoms with Crippen molar-refractivity contribution in [3.05, 3.63) is 0 Å². The van der Waals surface area contributed by atoms with Crippen molar-refractivity contribution in [1.29, 1.82) is 0 Å². The van der Waals surface area contributed by atoms with Gasteiger partial charge in [0, 0.05) is 13.0 Å². The summed E-state index contributed by atoms with van der Waals surface area (Å²) in [5.74, 6) is 6.21. The maximum Gasteiger partial charge on any atom is 0.144 e. The van der Waals surface area contributed by atoms with Crippen LogP contribution in [0.15, 0.2) is 0 Å². The Bertz CT molecular complexity index is 190. The molecule has 2 heteroatoms. The molecule has 1 N–H and O–H groups in total. The topological polar surface area (TPSA) is 32.8 Å². The van der Waals surface area contributed by atoms with Gasteiger partial charge < -0.3 is 9.84 Å². The molecule has 0 aromatic rings. The second-order valence-electron chi connectivity index (χ2n) is 3.39. The van der Waals surface area contributed by atoms with E-state index in [1.165, 1.54) is 12.8 Å². The summed E-state index contributed by atoms with van der Waals surface area (Å²) in [5.41, 5.74) is 0. The summed E-state index contributed by atoms with van der Waals surface area (Å²) in [6.45, 7) is 2.43. The Balaban J connectivity index is 2.01. The average Bonchev–Trinajstić information content (AvgIpc) is 2.88. The van der Waals surface area contributed by atoms with Gasteiger partial charge in [-0.2, -0.15) is 0 Å². The lowest BCUT2D eigenvalue weighted by molar-refractivity contribution is 0.273. The van der Waals surface area contributed by atoms with E-state index >= 15 is 0 Å². The van der Waals surface area contributed by atoms with E-state index in [-0.39, 0.29) is 12.7 Å². The third kappa shape index (κ3) is 4.31. The molecule has 0 amide bonds. The Morgan fingerprint density at radius 2 is 2.23 bits per heavy atom. The van der Waals surface area contributed by atoms with Gasteiger partial charge in [0.2, 0.25) is 0 Å². The summed E-state index contributed by atoms with van der Waals surface area (Å²) in [7, 11) is 0. The van der Waals surface area contributed by atoms with Gasteiger partial charge in [-0.05, 0) is 19.3 Å². The molecule has 2 nitrogen and oxygen atoms in total. The molecular formula is C11H18O2. The number of epoxide rings is 1. The molecule has 1 saturated heterocycles. The van der Waals surface area contributed by atoms with Crippen LogP contribution in [0.3, 0.4) is 0 Å². The normalized spacial score (nSPS) is 25.1. The van der Waals surface area contributed by atoms with Crippen LogP contribution in [-0.4, -0.2) is 23.9 Å². The number of ether oxygens (including phenoxy) is 1. The van der Waals surface area contributed by atoms with Gasteiger partial charge >= 0.3 is 0 Å². The van der Waals surface area contributed by atoms with E-state index in [2.05, 4.69) is 18.8 Å². The number of hydrogen-bond acceptors (Lipinski definition) is 2. The standard InChI is InChI=1S/C11H18O2/c1-2-3-4-5-7-10-11(13-10)8-6-9-12/h10-12H,2-4,6,8-9H2,1H3/t10-,11-/m0/s1. The Morgan fingerprint density at radius 3 is 2.92 bits per heavy atom. The van der Waals surface area contributed by atoms with Gasteiger partial charge in [-0.25, -0.2) is 0 Å². The van der Waals surface area contributed by atoms with Crippen LogP contribution >= 0.6 is 0 Å². The molecule has 1 heterocycles. The van der Waals surface area contributed by atoms with E-state index in [1.54, 1.807) is 0 Å². The highest BCUT2D eigenvalue weighted by molar-refractivity contribution is 5.13. The molecule has 0 spiro atoms. The van der Waals surface area contributed by atoms with Gasteiger partial charge in [0.05, 0.1) is 6.10 Å². The van der Waals surface area contributed by atoms with Gasteiger partial charge in [0.1, 0.15) is 6.10 Å². The summed E-state index contributed by atoms with van der Waals surface area (Å²) < 4.78 is 5.31. The molecule has 0 bridgehead atoms. The maximum absolute atomic E-state index is 8.58. The molecule has 0 aromatic heterocycles. The zero-order valence-electron chi connectivity index (χ0n) is 8.25. The quantitative estimate of drug-likeness (QED) is 0.399. The largest absolute Gasteiger partial charge is 0.396 e. The highest BCUT2D eigenvalue weighted by atomic mass is 16.6. The van der Waals surface area contributed by atoms with E-state index in [9.17, 15) is 0 Å². The maximum atomic E-state index is 8.58. The van der Waals surface area contributed by atoms with Crippen molar-refractivity contribution in [2.75, 3.05) is 6.61 Å². The van der Waals surface area contributed by atoms with Gasteiger partial charge in [0.15, 0.2) is 0 Å². The first-order valence-electron chi connectivity index (χ1n) is 5.13. The fraction of sp³-hybridized carbons (Fsp3) is 0.818. The third-order valence-corrected chi connectivity index (χ3v) is 2.13. The Labute approximate surface area is 80.3 Å². The molecule has 1 aliphatic heterocycles. The van der Waals surface area contributed by atoms with E-state index < -0.39 is 0 Å². The van der Waals surface area contributed by atoms with Crippen LogP contribution in [0.4, 0.5) is 0 Å². The van der Waals surface area contributed by atoms with Crippen LogP contribution in [0, 0.1) is 11.8 Å². The molecule has 0 aromatic carbocycles. The molecule has 0 unspecified atom stereocenters. The summed E-state index contributed by atoms with van der Waals surface area (Å²) in [6.07, 6.45) is 5.63. The van der Waals surface area contributed by atoms with E-state index in [0.717, 1.165) is 19.3 Å². The van der Waals surface area contributed by atoms with Crippen molar-refractivity contribution >= 4 is 0 Å². The summed E-state index contributed by atoms with van der Waals surface area (Å²) in [5, 5.41) is 8.58. The number of rotatable bonds is 5. The van der Waals surface area contributed by atoms with E-state index in [0.29, 0.717) is 6.10 Å². The van der Waals surface area contributed by atoms with Crippen LogP contribution in [0.1, 0.15) is 39.0 Å². The second-order valence-corrected chi connectivity index (χ2v) is 3.39. The molecule has 1 rings (SSSR count). The molecule has 13 heavy (non-hydrogen) atoms. The van der Waals surface area contributed by atoms with Gasteiger partial charge in [-0.3, -0.25) is 0 Å².